The molecule has 4 N–H and O–H groups in total. The largest absolute Gasteiger partial charge is 0.358 e. The molecule has 1 aliphatic rings. The van der Waals surface area contributed by atoms with Crippen LogP contribution in [0.4, 0.5) is 4.79 Å². The van der Waals surface area contributed by atoms with Crippen molar-refractivity contribution >= 4 is 22.7 Å². The monoisotopic (exact) mass is 286 g/mol. The maximum absolute atomic E-state index is 12.4. The lowest BCUT2D eigenvalue weighted by Crippen LogP contribution is -2.58. The van der Waals surface area contributed by atoms with Gasteiger partial charge in [0, 0.05) is 37.3 Å². The number of fused-ring (bicyclic) bond motifs is 1. The summed E-state index contributed by atoms with van der Waals surface area (Å²) in [4.78, 5) is 28.6. The van der Waals surface area contributed by atoms with E-state index in [0.717, 1.165) is 16.6 Å². The fourth-order valence-corrected chi connectivity index (χ4v) is 2.79. The average molecular weight is 286 g/mol. The van der Waals surface area contributed by atoms with Crippen LogP contribution in [0.25, 0.3) is 10.9 Å². The highest BCUT2D eigenvalue weighted by Gasteiger charge is 2.30. The number of rotatable bonds is 3. The quantitative estimate of drug-likeness (QED) is 0.773. The second kappa shape index (κ2) is 5.57. The van der Waals surface area contributed by atoms with Gasteiger partial charge in [0.1, 0.15) is 6.04 Å². The summed E-state index contributed by atoms with van der Waals surface area (Å²) in [5, 5.41) is 4.21. The van der Waals surface area contributed by atoms with Crippen molar-refractivity contribution in [1.29, 1.82) is 0 Å². The molecule has 3 rings (SSSR count). The fourth-order valence-electron chi connectivity index (χ4n) is 2.79. The number of carbonyl (C=O) groups is 2. The number of nitrogens with zero attached hydrogens (tertiary/aromatic N) is 1. The number of Topliss-reactive ketones (excluding diaryl/α,β-unsaturated/α-hetero) is 1. The first-order valence-electron chi connectivity index (χ1n) is 7.01. The molecule has 2 heterocycles. The number of benzene rings is 1. The fraction of sp³-hybridized carbons (Fsp3) is 0.333. The Morgan fingerprint density at radius 3 is 2.90 bits per heavy atom. The van der Waals surface area contributed by atoms with Crippen LogP contribution in [-0.2, 0) is 11.2 Å². The Balaban J connectivity index is 1.76. The predicted molar refractivity (Wildman–Crippen MR) is 80.0 cm³/mol. The Morgan fingerprint density at radius 1 is 1.33 bits per heavy atom. The molecule has 21 heavy (non-hydrogen) atoms. The second-order valence-corrected chi connectivity index (χ2v) is 5.28. The van der Waals surface area contributed by atoms with Crippen LogP contribution < -0.4 is 11.1 Å². The molecule has 6 heteroatoms. The van der Waals surface area contributed by atoms with Crippen LogP contribution in [0.5, 0.6) is 0 Å². The van der Waals surface area contributed by atoms with Gasteiger partial charge in [0.25, 0.3) is 0 Å². The molecule has 1 saturated heterocycles. The molecule has 0 saturated carbocycles. The molecule has 0 radical (unpaired) electrons. The van der Waals surface area contributed by atoms with E-state index in [1.807, 2.05) is 30.3 Å². The highest BCUT2D eigenvalue weighted by atomic mass is 16.2. The molecule has 1 aromatic carbocycles. The zero-order valence-electron chi connectivity index (χ0n) is 11.6. The zero-order chi connectivity index (χ0) is 14.8. The summed E-state index contributed by atoms with van der Waals surface area (Å²) in [6.45, 7) is 1.60. The van der Waals surface area contributed by atoms with Crippen molar-refractivity contribution in [3.05, 3.63) is 36.0 Å². The molecule has 1 atom stereocenters. The Hall–Kier alpha value is -2.34. The molecule has 0 aliphatic carbocycles. The highest BCUT2D eigenvalue weighted by Crippen LogP contribution is 2.16. The van der Waals surface area contributed by atoms with Crippen LogP contribution in [-0.4, -0.2) is 47.4 Å². The van der Waals surface area contributed by atoms with Gasteiger partial charge in [-0.15, -0.1) is 0 Å². The van der Waals surface area contributed by atoms with E-state index >= 15 is 0 Å². The molecule has 2 amide bonds. The van der Waals surface area contributed by atoms with Crippen LogP contribution in [0.15, 0.2) is 30.3 Å². The van der Waals surface area contributed by atoms with Crippen molar-refractivity contribution in [2.45, 2.75) is 12.5 Å². The van der Waals surface area contributed by atoms with Gasteiger partial charge < -0.3 is 20.9 Å². The Bertz CT molecular complexity index is 646. The standard InChI is InChI=1S/C15H18N4O2/c16-15(21)19-6-5-17-9-13(19)14(20)8-11-7-10-3-1-2-4-12(10)18-11/h1-4,7,13,17-18H,5-6,8-9H2,(H2,16,21). The number of para-hydroxylation sites is 1. The number of carbonyl (C=O) groups excluding carboxylic acids is 2. The number of piperazine rings is 1. The minimum atomic E-state index is -0.536. The molecule has 2 aromatic rings. The predicted octanol–water partition coefficient (Wildman–Crippen LogP) is 0.632. The van der Waals surface area contributed by atoms with Crippen molar-refractivity contribution in [1.82, 2.24) is 15.2 Å². The van der Waals surface area contributed by atoms with E-state index in [9.17, 15) is 9.59 Å². The summed E-state index contributed by atoms with van der Waals surface area (Å²) in [5.41, 5.74) is 7.21. The Labute approximate surface area is 122 Å². The topological polar surface area (TPSA) is 91.2 Å². The molecule has 0 spiro atoms. The minimum Gasteiger partial charge on any atom is -0.358 e. The summed E-state index contributed by atoms with van der Waals surface area (Å²) in [6, 6.07) is 8.83. The third-order valence-electron chi connectivity index (χ3n) is 3.85. The number of hydrogen-bond donors (Lipinski definition) is 3. The lowest BCUT2D eigenvalue weighted by Gasteiger charge is -2.33. The van der Waals surface area contributed by atoms with E-state index in [1.165, 1.54) is 4.90 Å². The number of primary amides is 1. The molecular weight excluding hydrogens is 268 g/mol. The summed E-state index contributed by atoms with van der Waals surface area (Å²) < 4.78 is 0. The van der Waals surface area contributed by atoms with E-state index in [2.05, 4.69) is 10.3 Å². The van der Waals surface area contributed by atoms with Gasteiger partial charge in [-0.3, -0.25) is 4.79 Å². The number of hydrogen-bond acceptors (Lipinski definition) is 3. The number of amides is 2. The normalized spacial score (nSPS) is 18.9. The van der Waals surface area contributed by atoms with Crippen molar-refractivity contribution < 1.29 is 9.59 Å². The first-order chi connectivity index (χ1) is 10.1. The molecule has 1 aromatic heterocycles. The van der Waals surface area contributed by atoms with Crippen molar-refractivity contribution in [3.8, 4) is 0 Å². The van der Waals surface area contributed by atoms with Gasteiger partial charge in [0.15, 0.2) is 5.78 Å². The third-order valence-corrected chi connectivity index (χ3v) is 3.85. The maximum Gasteiger partial charge on any atom is 0.315 e. The van der Waals surface area contributed by atoms with E-state index in [-0.39, 0.29) is 12.2 Å². The lowest BCUT2D eigenvalue weighted by molar-refractivity contribution is -0.123. The maximum atomic E-state index is 12.4. The van der Waals surface area contributed by atoms with Gasteiger partial charge in [0.2, 0.25) is 0 Å². The van der Waals surface area contributed by atoms with E-state index in [4.69, 9.17) is 5.73 Å². The molecule has 110 valence electrons. The van der Waals surface area contributed by atoms with Gasteiger partial charge in [-0.1, -0.05) is 18.2 Å². The summed E-state index contributed by atoms with van der Waals surface area (Å²) in [5.74, 6) is -0.00689. The molecule has 0 bridgehead atoms. The van der Waals surface area contributed by atoms with Crippen LogP contribution in [0.2, 0.25) is 0 Å². The molecule has 1 aliphatic heterocycles. The van der Waals surface area contributed by atoms with Crippen LogP contribution in [0, 0.1) is 0 Å². The van der Waals surface area contributed by atoms with Crippen LogP contribution >= 0.6 is 0 Å². The Morgan fingerprint density at radius 2 is 2.14 bits per heavy atom. The van der Waals surface area contributed by atoms with Crippen LogP contribution in [0.3, 0.4) is 0 Å². The lowest BCUT2D eigenvalue weighted by atomic mass is 10.0. The minimum absolute atomic E-state index is 0.00689. The van der Waals surface area contributed by atoms with E-state index < -0.39 is 12.1 Å². The first kappa shape index (κ1) is 13.6. The van der Waals surface area contributed by atoms with Gasteiger partial charge >= 0.3 is 6.03 Å². The van der Waals surface area contributed by atoms with Crippen LogP contribution in [0.1, 0.15) is 5.69 Å². The number of urea groups is 1. The number of ketones is 1. The van der Waals surface area contributed by atoms with E-state index in [1.54, 1.807) is 0 Å². The molecule has 1 fully saturated rings. The average Bonchev–Trinajstić information content (AvgIpc) is 2.89. The molecule has 6 nitrogen and oxygen atoms in total. The van der Waals surface area contributed by atoms with Crippen molar-refractivity contribution in [2.75, 3.05) is 19.6 Å². The summed E-state index contributed by atoms with van der Waals surface area (Å²) in [7, 11) is 0. The summed E-state index contributed by atoms with van der Waals surface area (Å²) in [6.07, 6.45) is 0.269. The van der Waals surface area contributed by atoms with Gasteiger partial charge in [-0.25, -0.2) is 4.79 Å². The van der Waals surface area contributed by atoms with Gasteiger partial charge in [-0.2, -0.15) is 0 Å². The number of aromatic nitrogens is 1. The zero-order valence-corrected chi connectivity index (χ0v) is 11.6. The second-order valence-electron chi connectivity index (χ2n) is 5.28. The Kier molecular flexibility index (Phi) is 3.62. The summed E-state index contributed by atoms with van der Waals surface area (Å²) >= 11 is 0. The van der Waals surface area contributed by atoms with Crippen molar-refractivity contribution in [2.24, 2.45) is 5.73 Å². The SMILES string of the molecule is NC(=O)N1CCNCC1C(=O)Cc1cc2ccccc2[nH]1. The first-order valence-corrected chi connectivity index (χ1v) is 7.01. The van der Waals surface area contributed by atoms with E-state index in [0.29, 0.717) is 19.6 Å². The van der Waals surface area contributed by atoms with Crippen molar-refractivity contribution in [3.63, 3.8) is 0 Å². The highest BCUT2D eigenvalue weighted by molar-refractivity contribution is 5.91. The molecular formula is C15H18N4O2. The molecule has 1 unspecified atom stereocenters. The number of nitrogens with one attached hydrogen (secondary N) is 2. The van der Waals surface area contributed by atoms with Gasteiger partial charge in [0.05, 0.1) is 0 Å². The number of H-pyrrole nitrogens is 1. The number of aromatic amines is 1. The smallest absolute Gasteiger partial charge is 0.315 e. The van der Waals surface area contributed by atoms with Gasteiger partial charge in [-0.05, 0) is 17.5 Å². The third kappa shape index (κ3) is 2.75. The number of nitrogens with two attached hydrogens (primary N) is 1.